The number of nitrogens with zero attached hydrogens (tertiary/aromatic N) is 4. The van der Waals surface area contributed by atoms with Crippen LogP contribution in [0.25, 0.3) is 22.2 Å². The number of benzene rings is 2. The zero-order valence-electron chi connectivity index (χ0n) is 19.5. The number of rotatable bonds is 4. The van der Waals surface area contributed by atoms with Crippen molar-refractivity contribution >= 4 is 42.7 Å². The lowest BCUT2D eigenvalue weighted by atomic mass is 10.0. The van der Waals surface area contributed by atoms with Gasteiger partial charge in [-0.05, 0) is 78.3 Å². The molecule has 0 saturated carbocycles. The predicted molar refractivity (Wildman–Crippen MR) is 141 cm³/mol. The molecule has 2 aromatic heterocycles. The lowest BCUT2D eigenvalue weighted by Crippen LogP contribution is -2.44. The normalized spacial score (nSPS) is 15.2. The Balaban J connectivity index is 1.50. The van der Waals surface area contributed by atoms with Gasteiger partial charge in [0.15, 0.2) is 5.65 Å². The molecule has 0 radical (unpaired) electrons. The van der Waals surface area contributed by atoms with Crippen LogP contribution in [0, 0.1) is 13.8 Å². The Bertz CT molecular complexity index is 1470. The average Bonchev–Trinajstić information content (AvgIpc) is 3.17. The molecule has 0 spiro atoms. The van der Waals surface area contributed by atoms with E-state index in [1.807, 2.05) is 13.0 Å². The first-order chi connectivity index (χ1) is 16.2. The van der Waals surface area contributed by atoms with Crippen LogP contribution in [0.5, 0.6) is 0 Å². The third-order valence-corrected chi connectivity index (χ3v) is 8.81. The van der Waals surface area contributed by atoms with Crippen LogP contribution in [0.4, 0.5) is 5.69 Å². The Morgan fingerprint density at radius 2 is 1.62 bits per heavy atom. The summed E-state index contributed by atoms with van der Waals surface area (Å²) in [6.45, 7) is 8.26. The molecule has 1 aliphatic heterocycles. The van der Waals surface area contributed by atoms with Crippen molar-refractivity contribution in [1.82, 2.24) is 13.9 Å². The fraction of sp³-hybridized carbons (Fsp3) is 0.269. The lowest BCUT2D eigenvalue weighted by Gasteiger charge is -2.35. The van der Waals surface area contributed by atoms with Crippen molar-refractivity contribution in [3.05, 3.63) is 76.5 Å². The van der Waals surface area contributed by atoms with Crippen LogP contribution >= 0.6 is 15.9 Å². The van der Waals surface area contributed by atoms with Crippen LogP contribution in [-0.2, 0) is 10.0 Å². The molecule has 1 fully saturated rings. The molecule has 0 bridgehead atoms. The monoisotopic (exact) mass is 538 g/mol. The zero-order valence-corrected chi connectivity index (χ0v) is 21.9. The van der Waals surface area contributed by atoms with Gasteiger partial charge in [-0.1, -0.05) is 23.8 Å². The van der Waals surface area contributed by atoms with Crippen LogP contribution in [0.3, 0.4) is 0 Å². The van der Waals surface area contributed by atoms with Crippen LogP contribution in [0.1, 0.15) is 11.1 Å². The van der Waals surface area contributed by atoms with E-state index in [0.717, 1.165) is 48.3 Å². The Morgan fingerprint density at radius 3 is 2.29 bits per heavy atom. The van der Waals surface area contributed by atoms with E-state index in [1.54, 1.807) is 36.7 Å². The Labute approximate surface area is 209 Å². The number of hydrogen-bond acceptors (Lipinski definition) is 5. The van der Waals surface area contributed by atoms with Gasteiger partial charge < -0.3 is 9.80 Å². The summed E-state index contributed by atoms with van der Waals surface area (Å²) in [7, 11) is -1.59. The van der Waals surface area contributed by atoms with E-state index in [2.05, 4.69) is 62.9 Å². The largest absolute Gasteiger partial charge is 0.369 e. The highest BCUT2D eigenvalue weighted by molar-refractivity contribution is 9.10. The number of piperazine rings is 1. The molecule has 6 nitrogen and oxygen atoms in total. The second kappa shape index (κ2) is 8.83. The predicted octanol–water partition coefficient (Wildman–Crippen LogP) is 5.07. The molecule has 1 aliphatic rings. The molecule has 3 heterocycles. The topological polar surface area (TPSA) is 58.4 Å². The van der Waals surface area contributed by atoms with Gasteiger partial charge in [0.2, 0.25) is 0 Å². The number of pyridine rings is 1. The van der Waals surface area contributed by atoms with E-state index in [9.17, 15) is 8.42 Å². The minimum absolute atomic E-state index is 0.239. The van der Waals surface area contributed by atoms with Crippen molar-refractivity contribution < 1.29 is 8.42 Å². The Hall–Kier alpha value is -2.68. The first-order valence-electron chi connectivity index (χ1n) is 11.3. The highest BCUT2D eigenvalue weighted by atomic mass is 79.9. The quantitative estimate of drug-likeness (QED) is 0.363. The lowest BCUT2D eigenvalue weighted by molar-refractivity contribution is 0.312. The molecule has 2 aromatic carbocycles. The van der Waals surface area contributed by atoms with Gasteiger partial charge in [-0.3, -0.25) is 0 Å². The molecule has 0 atom stereocenters. The standard InChI is InChI=1S/C26H27BrN4O2S/c1-18-4-7-22(8-5-18)34(32,33)31-17-24(27)23-15-21(16-28-26(23)31)20-6-9-25(19(2)14-20)30-12-10-29(3)11-13-30/h4-9,14-17H,10-13H2,1-3H3. The molecule has 34 heavy (non-hydrogen) atoms. The van der Waals surface area contributed by atoms with Gasteiger partial charge in [-0.2, -0.15) is 0 Å². The molecule has 0 amide bonds. The van der Waals surface area contributed by atoms with Crippen molar-refractivity contribution in [1.29, 1.82) is 0 Å². The number of likely N-dealkylation sites (N-methyl/N-ethyl adjacent to an activating group) is 1. The van der Waals surface area contributed by atoms with Gasteiger partial charge in [0.05, 0.1) is 4.90 Å². The summed E-state index contributed by atoms with van der Waals surface area (Å²) in [5.74, 6) is 0. The van der Waals surface area contributed by atoms with E-state index >= 15 is 0 Å². The van der Waals surface area contributed by atoms with Crippen LogP contribution in [-0.4, -0.2) is 55.5 Å². The molecule has 1 saturated heterocycles. The van der Waals surface area contributed by atoms with E-state index in [-0.39, 0.29) is 4.90 Å². The van der Waals surface area contributed by atoms with E-state index in [0.29, 0.717) is 10.1 Å². The molecule has 8 heteroatoms. The summed E-state index contributed by atoms with van der Waals surface area (Å²) in [5, 5.41) is 0.758. The maximum atomic E-state index is 13.3. The fourth-order valence-corrected chi connectivity index (χ4v) is 6.40. The molecule has 0 unspecified atom stereocenters. The third kappa shape index (κ3) is 4.15. The minimum atomic E-state index is -3.75. The number of hydrogen-bond donors (Lipinski definition) is 0. The maximum Gasteiger partial charge on any atom is 0.269 e. The number of halogens is 1. The van der Waals surface area contributed by atoms with Crippen LogP contribution in [0.15, 0.2) is 70.3 Å². The van der Waals surface area contributed by atoms with E-state index in [1.165, 1.54) is 15.2 Å². The number of aryl methyl sites for hydroxylation is 2. The molecular weight excluding hydrogens is 512 g/mol. The minimum Gasteiger partial charge on any atom is -0.369 e. The molecule has 5 rings (SSSR count). The van der Waals surface area contributed by atoms with Gasteiger partial charge >= 0.3 is 0 Å². The molecule has 0 aliphatic carbocycles. The first kappa shape index (κ1) is 23.1. The highest BCUT2D eigenvalue weighted by Gasteiger charge is 2.22. The summed E-state index contributed by atoms with van der Waals surface area (Å²) in [4.78, 5) is 9.60. The smallest absolute Gasteiger partial charge is 0.269 e. The van der Waals surface area contributed by atoms with Crippen LogP contribution < -0.4 is 4.90 Å². The van der Waals surface area contributed by atoms with Crippen LogP contribution in [0.2, 0.25) is 0 Å². The van der Waals surface area contributed by atoms with Crippen molar-refractivity contribution in [2.75, 3.05) is 38.1 Å². The van der Waals surface area contributed by atoms with E-state index < -0.39 is 10.0 Å². The molecule has 176 valence electrons. The summed E-state index contributed by atoms with van der Waals surface area (Å²) in [6.07, 6.45) is 3.33. The summed E-state index contributed by atoms with van der Waals surface area (Å²) in [5.41, 5.74) is 5.91. The molecule has 4 aromatic rings. The Kier molecular flexibility index (Phi) is 6.00. The maximum absolute atomic E-state index is 13.3. The number of anilines is 1. The SMILES string of the molecule is Cc1ccc(S(=O)(=O)n2cc(Br)c3cc(-c4ccc(N5CCN(C)CC5)c(C)c4)cnc32)cc1. The number of fused-ring (bicyclic) bond motifs is 1. The van der Waals surface area contributed by atoms with Gasteiger partial charge in [0.1, 0.15) is 0 Å². The zero-order chi connectivity index (χ0) is 24.0. The van der Waals surface area contributed by atoms with Gasteiger partial charge in [0.25, 0.3) is 10.0 Å². The summed E-state index contributed by atoms with van der Waals surface area (Å²) in [6, 6.07) is 15.3. The summed E-state index contributed by atoms with van der Waals surface area (Å²) < 4.78 is 28.5. The van der Waals surface area contributed by atoms with Gasteiger partial charge in [-0.25, -0.2) is 17.4 Å². The van der Waals surface area contributed by atoms with Crippen molar-refractivity contribution in [3.8, 4) is 11.1 Å². The van der Waals surface area contributed by atoms with E-state index in [4.69, 9.17) is 0 Å². The summed E-state index contributed by atoms with van der Waals surface area (Å²) >= 11 is 3.55. The third-order valence-electron chi connectivity index (χ3n) is 6.52. The van der Waals surface area contributed by atoms with Gasteiger partial charge in [0, 0.05) is 59.7 Å². The van der Waals surface area contributed by atoms with Crippen molar-refractivity contribution in [2.24, 2.45) is 0 Å². The second-order valence-electron chi connectivity index (χ2n) is 8.98. The molecule has 0 N–H and O–H groups in total. The number of aromatic nitrogens is 2. The second-order valence-corrected chi connectivity index (χ2v) is 11.6. The molecular formula is C26H27BrN4O2S. The van der Waals surface area contributed by atoms with Crippen molar-refractivity contribution in [3.63, 3.8) is 0 Å². The fourth-order valence-electron chi connectivity index (χ4n) is 4.44. The highest BCUT2D eigenvalue weighted by Crippen LogP contribution is 2.33. The van der Waals surface area contributed by atoms with Gasteiger partial charge in [-0.15, -0.1) is 0 Å². The average molecular weight is 539 g/mol. The Morgan fingerprint density at radius 1 is 0.912 bits per heavy atom. The first-order valence-corrected chi connectivity index (χ1v) is 13.5. The van der Waals surface area contributed by atoms with Crippen molar-refractivity contribution in [2.45, 2.75) is 18.7 Å².